The van der Waals surface area contributed by atoms with E-state index in [1.807, 2.05) is 0 Å². The lowest BCUT2D eigenvalue weighted by Crippen LogP contribution is -2.01. The Labute approximate surface area is 85.2 Å². The molecular formula is C9H6ClNO3. The zero-order valence-corrected chi connectivity index (χ0v) is 7.75. The second kappa shape index (κ2) is 4.61. The summed E-state index contributed by atoms with van der Waals surface area (Å²) in [6, 6.07) is 1.21. The van der Waals surface area contributed by atoms with Gasteiger partial charge in [0.15, 0.2) is 0 Å². The van der Waals surface area contributed by atoms with Gasteiger partial charge in [-0.1, -0.05) is 23.4 Å². The number of halogens is 1. The quantitative estimate of drug-likeness (QED) is 0.532. The van der Waals surface area contributed by atoms with Crippen LogP contribution in [0.1, 0.15) is 15.9 Å². The molecule has 0 atom stereocenters. The molecule has 5 heteroatoms. The Balaban J connectivity index is 3.22. The first-order valence-electron chi connectivity index (χ1n) is 3.63. The molecule has 1 aromatic rings. The largest absolute Gasteiger partial charge is 0.478 e. The number of pyridine rings is 1. The average molecular weight is 212 g/mol. The molecule has 0 aliphatic heterocycles. The van der Waals surface area contributed by atoms with Crippen LogP contribution in [0.5, 0.6) is 0 Å². The number of aromatic nitrogens is 1. The van der Waals surface area contributed by atoms with Crippen LogP contribution in [0.2, 0.25) is 5.15 Å². The summed E-state index contributed by atoms with van der Waals surface area (Å²) in [5.41, 5.74) is 0.210. The van der Waals surface area contributed by atoms with Gasteiger partial charge in [-0.2, -0.15) is 0 Å². The predicted octanol–water partition coefficient (Wildman–Crippen LogP) is 0.777. The number of aliphatic hydroxyl groups is 1. The Kier molecular flexibility index (Phi) is 3.46. The fourth-order valence-electron chi connectivity index (χ4n) is 0.841. The van der Waals surface area contributed by atoms with Crippen molar-refractivity contribution in [1.29, 1.82) is 0 Å². The molecule has 2 N–H and O–H groups in total. The van der Waals surface area contributed by atoms with Crippen LogP contribution in [0.15, 0.2) is 12.3 Å². The van der Waals surface area contributed by atoms with E-state index in [2.05, 4.69) is 16.8 Å². The fraction of sp³-hybridized carbons (Fsp3) is 0.111. The van der Waals surface area contributed by atoms with E-state index in [1.54, 1.807) is 0 Å². The van der Waals surface area contributed by atoms with E-state index >= 15 is 0 Å². The molecule has 0 saturated heterocycles. The van der Waals surface area contributed by atoms with Gasteiger partial charge in [-0.15, -0.1) is 0 Å². The van der Waals surface area contributed by atoms with Crippen molar-refractivity contribution in [3.05, 3.63) is 28.5 Å². The maximum atomic E-state index is 10.7. The third kappa shape index (κ3) is 2.46. The number of hydrogen-bond donors (Lipinski definition) is 2. The van der Waals surface area contributed by atoms with Crippen molar-refractivity contribution in [3.8, 4) is 11.8 Å². The highest BCUT2D eigenvalue weighted by Gasteiger charge is 2.09. The molecule has 1 aromatic heterocycles. The van der Waals surface area contributed by atoms with E-state index in [9.17, 15) is 4.79 Å². The van der Waals surface area contributed by atoms with Crippen LogP contribution >= 0.6 is 11.6 Å². The second-order valence-corrected chi connectivity index (χ2v) is 2.70. The molecule has 0 fully saturated rings. The lowest BCUT2D eigenvalue weighted by molar-refractivity contribution is 0.0696. The molecule has 0 bridgehead atoms. The smallest absolute Gasteiger partial charge is 0.337 e. The summed E-state index contributed by atoms with van der Waals surface area (Å²) in [6.45, 7) is -0.332. The molecule has 4 nitrogen and oxygen atoms in total. The summed E-state index contributed by atoms with van der Waals surface area (Å²) < 4.78 is 0. The Morgan fingerprint density at radius 1 is 1.64 bits per heavy atom. The summed E-state index contributed by atoms with van der Waals surface area (Å²) in [7, 11) is 0. The maximum Gasteiger partial charge on any atom is 0.337 e. The highest BCUT2D eigenvalue weighted by Crippen LogP contribution is 2.12. The summed E-state index contributed by atoms with van der Waals surface area (Å²) in [6.07, 6.45) is 1.26. The molecule has 0 spiro atoms. The van der Waals surface area contributed by atoms with Crippen LogP contribution < -0.4 is 0 Å². The first-order valence-corrected chi connectivity index (χ1v) is 4.01. The monoisotopic (exact) mass is 211 g/mol. The van der Waals surface area contributed by atoms with Gasteiger partial charge in [-0.05, 0) is 6.07 Å². The molecule has 0 aliphatic rings. The van der Waals surface area contributed by atoms with E-state index in [0.717, 1.165) is 0 Å². The minimum absolute atomic E-state index is 0.0223. The number of aromatic carboxylic acids is 1. The highest BCUT2D eigenvalue weighted by molar-refractivity contribution is 6.29. The van der Waals surface area contributed by atoms with E-state index in [0.29, 0.717) is 0 Å². The second-order valence-electron chi connectivity index (χ2n) is 2.32. The van der Waals surface area contributed by atoms with Gasteiger partial charge in [-0.3, -0.25) is 0 Å². The normalized spacial score (nSPS) is 9.00. The number of aliphatic hydroxyl groups excluding tert-OH is 1. The molecule has 0 aromatic carbocycles. The Morgan fingerprint density at radius 3 is 2.93 bits per heavy atom. The lowest BCUT2D eigenvalue weighted by atomic mass is 10.1. The summed E-state index contributed by atoms with van der Waals surface area (Å²) in [5.74, 6) is 3.68. The molecule has 0 saturated carbocycles. The third-order valence-corrected chi connectivity index (χ3v) is 1.61. The first-order chi connectivity index (χ1) is 6.65. The van der Waals surface area contributed by atoms with Gasteiger partial charge in [0.2, 0.25) is 0 Å². The van der Waals surface area contributed by atoms with Gasteiger partial charge in [0.25, 0.3) is 0 Å². The van der Waals surface area contributed by atoms with Crippen LogP contribution in [0, 0.1) is 11.8 Å². The minimum atomic E-state index is -1.13. The van der Waals surface area contributed by atoms with E-state index in [4.69, 9.17) is 21.8 Å². The lowest BCUT2D eigenvalue weighted by Gasteiger charge is -1.98. The SMILES string of the molecule is O=C(O)c1cc(Cl)ncc1C#CCO. The van der Waals surface area contributed by atoms with Gasteiger partial charge in [0.05, 0.1) is 11.1 Å². The molecule has 0 amide bonds. The van der Waals surface area contributed by atoms with Gasteiger partial charge in [0.1, 0.15) is 11.8 Å². The molecule has 1 heterocycles. The number of hydrogen-bond acceptors (Lipinski definition) is 3. The molecule has 14 heavy (non-hydrogen) atoms. The van der Waals surface area contributed by atoms with Crippen molar-refractivity contribution < 1.29 is 15.0 Å². The number of carboxylic acids is 1. The standard InChI is InChI=1S/C9H6ClNO3/c10-8-4-7(9(13)14)6(5-11-8)2-1-3-12/h4-5,12H,3H2,(H,13,14). The molecule has 0 radical (unpaired) electrons. The van der Waals surface area contributed by atoms with Crippen molar-refractivity contribution in [2.75, 3.05) is 6.61 Å². The Bertz CT molecular complexity index is 420. The molecule has 0 unspecified atom stereocenters. The van der Waals surface area contributed by atoms with Crippen molar-refractivity contribution in [2.45, 2.75) is 0 Å². The fourth-order valence-corrected chi connectivity index (χ4v) is 0.999. The summed E-state index contributed by atoms with van der Waals surface area (Å²) in [5, 5.41) is 17.3. The van der Waals surface area contributed by atoms with Crippen LogP contribution in [-0.2, 0) is 0 Å². The van der Waals surface area contributed by atoms with Gasteiger partial charge >= 0.3 is 5.97 Å². The first kappa shape index (κ1) is 10.5. The van der Waals surface area contributed by atoms with Crippen LogP contribution in [0.25, 0.3) is 0 Å². The average Bonchev–Trinajstić information content (AvgIpc) is 2.15. The number of carboxylic acid groups (broad SMARTS) is 1. The summed E-state index contributed by atoms with van der Waals surface area (Å²) in [4.78, 5) is 14.4. The van der Waals surface area contributed by atoms with Gasteiger partial charge in [-0.25, -0.2) is 9.78 Å². The van der Waals surface area contributed by atoms with Crippen LogP contribution in [-0.4, -0.2) is 27.8 Å². The number of rotatable bonds is 1. The summed E-state index contributed by atoms with van der Waals surface area (Å²) >= 11 is 5.52. The topological polar surface area (TPSA) is 70.4 Å². The van der Waals surface area contributed by atoms with Crippen molar-refractivity contribution >= 4 is 17.6 Å². The van der Waals surface area contributed by atoms with Gasteiger partial charge < -0.3 is 10.2 Å². The van der Waals surface area contributed by atoms with Crippen molar-refractivity contribution in [3.63, 3.8) is 0 Å². The van der Waals surface area contributed by atoms with Crippen molar-refractivity contribution in [2.24, 2.45) is 0 Å². The van der Waals surface area contributed by atoms with E-state index in [1.165, 1.54) is 12.3 Å². The minimum Gasteiger partial charge on any atom is -0.478 e. The van der Waals surface area contributed by atoms with E-state index in [-0.39, 0.29) is 22.9 Å². The number of carbonyl (C=O) groups is 1. The van der Waals surface area contributed by atoms with Crippen molar-refractivity contribution in [1.82, 2.24) is 4.98 Å². The molecule has 1 rings (SSSR count). The number of nitrogens with zero attached hydrogens (tertiary/aromatic N) is 1. The zero-order valence-electron chi connectivity index (χ0n) is 6.99. The Hall–Kier alpha value is -1.57. The Morgan fingerprint density at radius 2 is 2.36 bits per heavy atom. The third-order valence-electron chi connectivity index (χ3n) is 1.40. The van der Waals surface area contributed by atoms with Gasteiger partial charge in [0, 0.05) is 6.20 Å². The molecule has 72 valence electrons. The highest BCUT2D eigenvalue weighted by atomic mass is 35.5. The molecule has 0 aliphatic carbocycles. The van der Waals surface area contributed by atoms with Crippen LogP contribution in [0.4, 0.5) is 0 Å². The maximum absolute atomic E-state index is 10.7. The van der Waals surface area contributed by atoms with Crippen LogP contribution in [0.3, 0.4) is 0 Å². The predicted molar refractivity (Wildman–Crippen MR) is 50.2 cm³/mol. The molecular weight excluding hydrogens is 206 g/mol. The van der Waals surface area contributed by atoms with E-state index < -0.39 is 5.97 Å². The zero-order chi connectivity index (χ0) is 10.6.